The van der Waals surface area contributed by atoms with Gasteiger partial charge in [0.15, 0.2) is 11.6 Å². The first-order chi connectivity index (χ1) is 9.76. The van der Waals surface area contributed by atoms with E-state index in [4.69, 9.17) is 5.26 Å². The van der Waals surface area contributed by atoms with Crippen LogP contribution in [0.5, 0.6) is 0 Å². The van der Waals surface area contributed by atoms with E-state index >= 15 is 0 Å². The zero-order valence-electron chi connectivity index (χ0n) is 10.2. The van der Waals surface area contributed by atoms with Crippen LogP contribution in [0.15, 0.2) is 41.5 Å². The fourth-order valence-corrected chi connectivity index (χ4v) is 1.74. The summed E-state index contributed by atoms with van der Waals surface area (Å²) >= 11 is 0. The van der Waals surface area contributed by atoms with E-state index in [9.17, 15) is 4.79 Å². The molecule has 0 spiro atoms. The van der Waals surface area contributed by atoms with Crippen LogP contribution in [0, 0.1) is 11.3 Å². The van der Waals surface area contributed by atoms with Crippen LogP contribution in [-0.2, 0) is 0 Å². The number of nitrogens with zero attached hydrogens (tertiary/aromatic N) is 4. The molecule has 0 atom stereocenters. The first kappa shape index (κ1) is 11.8. The third-order valence-electron chi connectivity index (χ3n) is 2.67. The summed E-state index contributed by atoms with van der Waals surface area (Å²) in [5, 5.41) is 15.7. The molecule has 3 aromatic rings. The molecule has 0 radical (unpaired) electrons. The second kappa shape index (κ2) is 4.78. The Labute approximate surface area is 113 Å². The summed E-state index contributed by atoms with van der Waals surface area (Å²) in [7, 11) is 0. The van der Waals surface area contributed by atoms with E-state index in [0.717, 1.165) is 0 Å². The summed E-state index contributed by atoms with van der Waals surface area (Å²) < 4.78 is 0. The molecule has 0 saturated carbocycles. The van der Waals surface area contributed by atoms with E-state index in [1.807, 2.05) is 6.07 Å². The van der Waals surface area contributed by atoms with Crippen molar-refractivity contribution in [2.24, 2.45) is 0 Å². The molecule has 3 aromatic heterocycles. The van der Waals surface area contributed by atoms with Crippen molar-refractivity contribution in [2.75, 3.05) is 0 Å². The number of rotatable bonds is 2. The lowest BCUT2D eigenvalue weighted by atomic mass is 10.2. The van der Waals surface area contributed by atoms with Gasteiger partial charge >= 0.3 is 0 Å². The Kier molecular flexibility index (Phi) is 2.82. The average molecular weight is 264 g/mol. The van der Waals surface area contributed by atoms with E-state index in [1.165, 1.54) is 12.3 Å². The van der Waals surface area contributed by atoms with Gasteiger partial charge in [-0.25, -0.2) is 9.97 Å². The molecule has 0 saturated heterocycles. The third kappa shape index (κ3) is 2.18. The fraction of sp³-hybridized carbons (Fsp3) is 0. The van der Waals surface area contributed by atoms with Gasteiger partial charge in [-0.1, -0.05) is 0 Å². The molecular formula is C13H8N6O. The maximum absolute atomic E-state index is 11.3. The Morgan fingerprint density at radius 1 is 1.20 bits per heavy atom. The van der Waals surface area contributed by atoms with E-state index in [1.54, 1.807) is 24.4 Å². The Balaban J connectivity index is 2.02. The van der Waals surface area contributed by atoms with Crippen molar-refractivity contribution in [1.82, 2.24) is 25.1 Å². The van der Waals surface area contributed by atoms with Gasteiger partial charge in [-0.3, -0.25) is 9.89 Å². The van der Waals surface area contributed by atoms with Gasteiger partial charge in [0.25, 0.3) is 0 Å². The van der Waals surface area contributed by atoms with Gasteiger partial charge in [0.2, 0.25) is 5.56 Å². The monoisotopic (exact) mass is 264 g/mol. The Hall–Kier alpha value is -3.27. The van der Waals surface area contributed by atoms with Crippen LogP contribution >= 0.6 is 0 Å². The molecule has 3 heterocycles. The second-order valence-corrected chi connectivity index (χ2v) is 3.99. The van der Waals surface area contributed by atoms with E-state index < -0.39 is 0 Å². The minimum Gasteiger partial charge on any atom is -0.329 e. The molecular weight excluding hydrogens is 256 g/mol. The quantitative estimate of drug-likeness (QED) is 0.719. The zero-order chi connectivity index (χ0) is 13.9. The molecule has 7 heteroatoms. The number of nitriles is 1. The topological polar surface area (TPSA) is 111 Å². The Morgan fingerprint density at radius 3 is 2.90 bits per heavy atom. The van der Waals surface area contributed by atoms with Crippen LogP contribution in [0.25, 0.3) is 22.8 Å². The summed E-state index contributed by atoms with van der Waals surface area (Å²) in [5.74, 6) is 0.931. The molecule has 0 amide bonds. The largest absolute Gasteiger partial charge is 0.329 e. The van der Waals surface area contributed by atoms with E-state index in [2.05, 4.69) is 25.1 Å². The molecule has 0 aromatic carbocycles. The van der Waals surface area contributed by atoms with Crippen molar-refractivity contribution >= 4 is 0 Å². The molecule has 0 aliphatic carbocycles. The fourth-order valence-electron chi connectivity index (χ4n) is 1.74. The van der Waals surface area contributed by atoms with Crippen LogP contribution in [0.4, 0.5) is 0 Å². The number of hydrogen-bond donors (Lipinski definition) is 2. The zero-order valence-corrected chi connectivity index (χ0v) is 10.2. The minimum atomic E-state index is -0.212. The Bertz CT molecular complexity index is 857. The van der Waals surface area contributed by atoms with Crippen LogP contribution < -0.4 is 5.56 Å². The first-order valence-electron chi connectivity index (χ1n) is 5.74. The first-order valence-corrected chi connectivity index (χ1v) is 5.74. The highest BCUT2D eigenvalue weighted by molar-refractivity contribution is 5.61. The molecule has 2 N–H and O–H groups in total. The summed E-state index contributed by atoms with van der Waals surface area (Å²) in [6, 6.07) is 8.43. The maximum atomic E-state index is 11.3. The summed E-state index contributed by atoms with van der Waals surface area (Å²) in [5.41, 5.74) is 1.41. The highest BCUT2D eigenvalue weighted by Crippen LogP contribution is 2.18. The lowest BCUT2D eigenvalue weighted by molar-refractivity contribution is 1.09. The lowest BCUT2D eigenvalue weighted by Crippen LogP contribution is -2.02. The molecule has 3 rings (SSSR count). The average Bonchev–Trinajstić information content (AvgIpc) is 2.97. The molecule has 0 bridgehead atoms. The lowest BCUT2D eigenvalue weighted by Gasteiger charge is -1.94. The molecule has 0 aliphatic rings. The molecule has 20 heavy (non-hydrogen) atoms. The molecule has 96 valence electrons. The van der Waals surface area contributed by atoms with Gasteiger partial charge < -0.3 is 4.98 Å². The van der Waals surface area contributed by atoms with Crippen molar-refractivity contribution in [1.29, 1.82) is 5.26 Å². The summed E-state index contributed by atoms with van der Waals surface area (Å²) in [6.45, 7) is 0. The van der Waals surface area contributed by atoms with Crippen LogP contribution in [-0.4, -0.2) is 25.1 Å². The number of aromatic nitrogens is 5. The van der Waals surface area contributed by atoms with Gasteiger partial charge in [-0.05, 0) is 18.2 Å². The molecule has 7 nitrogen and oxygen atoms in total. The number of pyridine rings is 2. The van der Waals surface area contributed by atoms with Crippen molar-refractivity contribution in [3.8, 4) is 28.8 Å². The highest BCUT2D eigenvalue weighted by atomic mass is 16.1. The molecule has 0 unspecified atom stereocenters. The predicted molar refractivity (Wildman–Crippen MR) is 70.4 cm³/mol. The molecule has 0 aliphatic heterocycles. The van der Waals surface area contributed by atoms with Crippen molar-refractivity contribution in [3.63, 3.8) is 0 Å². The van der Waals surface area contributed by atoms with Crippen LogP contribution in [0.1, 0.15) is 5.69 Å². The number of hydrogen-bond acceptors (Lipinski definition) is 5. The third-order valence-corrected chi connectivity index (χ3v) is 2.67. The van der Waals surface area contributed by atoms with Crippen molar-refractivity contribution in [3.05, 3.63) is 52.7 Å². The van der Waals surface area contributed by atoms with Crippen molar-refractivity contribution in [2.45, 2.75) is 0 Å². The van der Waals surface area contributed by atoms with Gasteiger partial charge in [0, 0.05) is 29.6 Å². The summed E-state index contributed by atoms with van der Waals surface area (Å²) in [4.78, 5) is 22.0. The van der Waals surface area contributed by atoms with Gasteiger partial charge in [-0.2, -0.15) is 10.4 Å². The SMILES string of the molecule is N#Cc1cc(-c2n[nH]c(-c3cc[nH]c(=O)c3)n2)ccn1. The number of H-pyrrole nitrogens is 2. The van der Waals surface area contributed by atoms with E-state index in [0.29, 0.717) is 28.5 Å². The number of nitrogens with one attached hydrogen (secondary N) is 2. The summed E-state index contributed by atoms with van der Waals surface area (Å²) in [6.07, 6.45) is 3.07. The normalized spacial score (nSPS) is 10.2. The van der Waals surface area contributed by atoms with Crippen molar-refractivity contribution < 1.29 is 0 Å². The minimum absolute atomic E-state index is 0.212. The predicted octanol–water partition coefficient (Wildman–Crippen LogP) is 1.09. The maximum Gasteiger partial charge on any atom is 0.248 e. The van der Waals surface area contributed by atoms with Crippen LogP contribution in [0.3, 0.4) is 0 Å². The van der Waals surface area contributed by atoms with Gasteiger partial charge in [0.05, 0.1) is 0 Å². The van der Waals surface area contributed by atoms with Crippen LogP contribution in [0.2, 0.25) is 0 Å². The molecule has 0 fully saturated rings. The second-order valence-electron chi connectivity index (χ2n) is 3.99. The smallest absolute Gasteiger partial charge is 0.248 e. The van der Waals surface area contributed by atoms with E-state index in [-0.39, 0.29) is 5.56 Å². The Morgan fingerprint density at radius 2 is 2.10 bits per heavy atom. The standard InChI is InChI=1S/C13H8N6O/c14-7-10-5-8(1-3-15-10)12-17-13(19-18-12)9-2-4-16-11(20)6-9/h1-6H,(H,16,20)(H,17,18,19). The number of aromatic amines is 2. The highest BCUT2D eigenvalue weighted by Gasteiger charge is 2.08. The van der Waals surface area contributed by atoms with Gasteiger partial charge in [0.1, 0.15) is 11.8 Å². The van der Waals surface area contributed by atoms with Gasteiger partial charge in [-0.15, -0.1) is 0 Å².